The number of carbonyl (C=O) groups is 2. The fourth-order valence-corrected chi connectivity index (χ4v) is 16.3. The van der Waals surface area contributed by atoms with Crippen LogP contribution in [0.25, 0.3) is 0 Å². The Balaban J connectivity index is 0.000000146. The van der Waals surface area contributed by atoms with Crippen molar-refractivity contribution >= 4 is 11.8 Å². The third kappa shape index (κ3) is 5.61. The number of aliphatic hydroxyl groups excluding tert-OH is 1. The van der Waals surface area contributed by atoms with Crippen molar-refractivity contribution < 1.29 is 28.9 Å². The SMILES string of the molecule is CC(=O)OC1CCC2(C)C(=CCC3C4CCC(=O)C4(C)CCC32)C1.CC1CCC2(OC1)OC1CC3C4CCC5CC(O)CCC5(C)C4=CCC3(C)C1C2C. The molecule has 0 aromatic heterocycles. The Morgan fingerprint density at radius 3 is 2.37 bits per heavy atom. The number of aliphatic hydroxyl groups is 1. The van der Waals surface area contributed by atoms with Gasteiger partial charge in [0.05, 0.1) is 18.8 Å². The molecule has 1 N–H and O–H groups in total. The molecule has 2 heterocycles. The molecule has 8 aliphatic carbocycles. The lowest BCUT2D eigenvalue weighted by molar-refractivity contribution is -0.272. The lowest BCUT2D eigenvalue weighted by atomic mass is 9.48. The van der Waals surface area contributed by atoms with E-state index in [2.05, 4.69) is 53.7 Å². The maximum atomic E-state index is 12.4. The van der Waals surface area contributed by atoms with Gasteiger partial charge in [-0.25, -0.2) is 0 Å². The van der Waals surface area contributed by atoms with E-state index in [0.717, 1.165) is 82.7 Å². The van der Waals surface area contributed by atoms with E-state index in [1.54, 1.807) is 5.57 Å². The van der Waals surface area contributed by atoms with Gasteiger partial charge in [-0.05, 0) is 153 Å². The molecule has 10 rings (SSSR count). The van der Waals surface area contributed by atoms with E-state index < -0.39 is 0 Å². The first-order valence-electron chi connectivity index (χ1n) is 22.7. The molecule has 1 spiro atoms. The average Bonchev–Trinajstić information content (AvgIpc) is 3.71. The molecule has 0 amide bonds. The summed E-state index contributed by atoms with van der Waals surface area (Å²) in [5, 5.41) is 10.3. The van der Waals surface area contributed by atoms with Crippen LogP contribution >= 0.6 is 0 Å². The van der Waals surface area contributed by atoms with E-state index in [0.29, 0.717) is 64.1 Å². The fourth-order valence-electron chi connectivity index (χ4n) is 16.3. The van der Waals surface area contributed by atoms with E-state index in [-0.39, 0.29) is 34.8 Å². The number of rotatable bonds is 1. The third-order valence-corrected chi connectivity index (χ3v) is 19.4. The molecule has 0 aromatic rings. The standard InChI is InChI=1S/C27H42O3.C21H30O3/c1-16-7-12-27(29-15-16)17(2)24-23(30-27)14-22-20-6-5-18-13-19(28)8-10-25(18,3)21(20)9-11-26(22,24)4;1-13(22)24-15-8-10-20(2)14(12-15)4-5-16-17-6-7-19(23)21(17,3)11-9-18(16)20/h9,16-20,22-24,28H,5-8,10-15H2,1-4H3;4,15-18H,5-12H2,1-3H3. The van der Waals surface area contributed by atoms with Gasteiger partial charge in [-0.1, -0.05) is 64.8 Å². The van der Waals surface area contributed by atoms with Crippen molar-refractivity contribution in [3.63, 3.8) is 0 Å². The van der Waals surface area contributed by atoms with Gasteiger partial charge in [-0.3, -0.25) is 9.59 Å². The fraction of sp³-hybridized carbons (Fsp3) is 0.875. The number of ether oxygens (including phenoxy) is 3. The van der Waals surface area contributed by atoms with Gasteiger partial charge in [-0.2, -0.15) is 0 Å². The summed E-state index contributed by atoms with van der Waals surface area (Å²) in [4.78, 5) is 23.7. The minimum absolute atomic E-state index is 0.0438. The van der Waals surface area contributed by atoms with Gasteiger partial charge >= 0.3 is 5.97 Å². The number of allylic oxidation sites excluding steroid dienone is 3. The summed E-state index contributed by atoms with van der Waals surface area (Å²) in [6, 6.07) is 0. The quantitative estimate of drug-likeness (QED) is 0.213. The zero-order chi connectivity index (χ0) is 38.0. The Bertz CT molecular complexity index is 1570. The molecule has 6 nitrogen and oxygen atoms in total. The maximum absolute atomic E-state index is 12.4. The smallest absolute Gasteiger partial charge is 0.302 e. The summed E-state index contributed by atoms with van der Waals surface area (Å²) in [7, 11) is 0. The number of fused-ring (bicyclic) bond motifs is 12. The van der Waals surface area contributed by atoms with Gasteiger partial charge in [-0.15, -0.1) is 0 Å². The van der Waals surface area contributed by atoms with Gasteiger partial charge in [0.2, 0.25) is 0 Å². The van der Waals surface area contributed by atoms with Crippen molar-refractivity contribution in [3.8, 4) is 0 Å². The first-order chi connectivity index (χ1) is 25.6. The van der Waals surface area contributed by atoms with Crippen LogP contribution in [-0.4, -0.2) is 47.6 Å². The Labute approximate surface area is 326 Å². The number of hydrogen-bond donors (Lipinski definition) is 1. The van der Waals surface area contributed by atoms with Gasteiger partial charge in [0.25, 0.3) is 0 Å². The van der Waals surface area contributed by atoms with Crippen molar-refractivity contribution in [3.05, 3.63) is 23.3 Å². The lowest BCUT2D eigenvalue weighted by Crippen LogP contribution is -2.50. The monoisotopic (exact) mass is 745 g/mol. The molecule has 6 heteroatoms. The van der Waals surface area contributed by atoms with Crippen molar-refractivity contribution in [2.75, 3.05) is 6.61 Å². The molecule has 17 atom stereocenters. The molecule has 10 aliphatic rings. The highest BCUT2D eigenvalue weighted by Gasteiger charge is 2.68. The van der Waals surface area contributed by atoms with E-state index in [9.17, 15) is 14.7 Å². The van der Waals surface area contributed by atoms with Crippen molar-refractivity contribution in [2.45, 2.75) is 182 Å². The third-order valence-electron chi connectivity index (χ3n) is 19.4. The number of hydrogen-bond acceptors (Lipinski definition) is 6. The lowest BCUT2D eigenvalue weighted by Gasteiger charge is -2.57. The predicted molar refractivity (Wildman–Crippen MR) is 210 cm³/mol. The highest BCUT2D eigenvalue weighted by molar-refractivity contribution is 5.87. The van der Waals surface area contributed by atoms with Crippen molar-refractivity contribution in [1.82, 2.24) is 0 Å². The first-order valence-corrected chi connectivity index (χ1v) is 22.7. The maximum Gasteiger partial charge on any atom is 0.302 e. The molecule has 0 aromatic carbocycles. The van der Waals surface area contributed by atoms with Crippen LogP contribution < -0.4 is 0 Å². The topological polar surface area (TPSA) is 82.1 Å². The zero-order valence-electron chi connectivity index (χ0n) is 34.8. The van der Waals surface area contributed by atoms with E-state index in [1.807, 2.05) is 0 Å². The highest BCUT2D eigenvalue weighted by Crippen LogP contribution is 2.70. The van der Waals surface area contributed by atoms with E-state index >= 15 is 0 Å². The summed E-state index contributed by atoms with van der Waals surface area (Å²) in [5.74, 6) is 6.01. The largest absolute Gasteiger partial charge is 0.462 e. The molecule has 17 unspecified atom stereocenters. The summed E-state index contributed by atoms with van der Waals surface area (Å²) >= 11 is 0. The van der Waals surface area contributed by atoms with E-state index in [4.69, 9.17) is 14.2 Å². The number of esters is 1. The Hall–Kier alpha value is -1.50. The molecule has 0 bridgehead atoms. The number of carbonyl (C=O) groups excluding carboxylic acids is 2. The van der Waals surface area contributed by atoms with Crippen LogP contribution in [0.5, 0.6) is 0 Å². The van der Waals surface area contributed by atoms with Crippen LogP contribution in [0.15, 0.2) is 23.3 Å². The molecule has 54 heavy (non-hydrogen) atoms. The second-order valence-corrected chi connectivity index (χ2v) is 21.8. The Morgan fingerprint density at radius 1 is 0.852 bits per heavy atom. The van der Waals surface area contributed by atoms with Crippen LogP contribution in [-0.2, 0) is 23.8 Å². The van der Waals surface area contributed by atoms with Crippen molar-refractivity contribution in [2.24, 2.45) is 74.9 Å². The normalized spacial score (nSPS) is 54.3. The van der Waals surface area contributed by atoms with Crippen LogP contribution in [0.1, 0.15) is 158 Å². The second-order valence-electron chi connectivity index (χ2n) is 21.8. The summed E-state index contributed by atoms with van der Waals surface area (Å²) < 4.78 is 18.8. The summed E-state index contributed by atoms with van der Waals surface area (Å²) in [6.45, 7) is 16.9. The molecule has 300 valence electrons. The predicted octanol–water partition coefficient (Wildman–Crippen LogP) is 10.2. The Kier molecular flexibility index (Phi) is 9.35. The Morgan fingerprint density at radius 2 is 1.61 bits per heavy atom. The average molecular weight is 745 g/mol. The van der Waals surface area contributed by atoms with Gasteiger partial charge < -0.3 is 19.3 Å². The van der Waals surface area contributed by atoms with Gasteiger partial charge in [0.1, 0.15) is 11.9 Å². The first kappa shape index (κ1) is 38.0. The van der Waals surface area contributed by atoms with Crippen LogP contribution in [0, 0.1) is 74.9 Å². The van der Waals surface area contributed by atoms with Gasteiger partial charge in [0, 0.05) is 37.5 Å². The molecule has 6 saturated carbocycles. The van der Waals surface area contributed by atoms with E-state index in [1.165, 1.54) is 57.4 Å². The highest BCUT2D eigenvalue weighted by atomic mass is 16.7. The molecule has 0 radical (unpaired) electrons. The molecular formula is C48H72O6. The molecule has 2 aliphatic heterocycles. The zero-order valence-corrected chi connectivity index (χ0v) is 34.8. The molecular weight excluding hydrogens is 673 g/mol. The molecule has 8 fully saturated rings. The number of Topliss-reactive ketones (excluding diaryl/α,β-unsaturated/α-hetero) is 1. The van der Waals surface area contributed by atoms with Crippen molar-refractivity contribution in [1.29, 1.82) is 0 Å². The number of ketones is 1. The molecule has 2 saturated heterocycles. The summed E-state index contributed by atoms with van der Waals surface area (Å²) in [5.41, 5.74) is 4.19. The van der Waals surface area contributed by atoms with Crippen LogP contribution in [0.3, 0.4) is 0 Å². The summed E-state index contributed by atoms with van der Waals surface area (Å²) in [6.07, 6.45) is 24.4. The minimum Gasteiger partial charge on any atom is -0.462 e. The second kappa shape index (κ2) is 13.3. The van der Waals surface area contributed by atoms with Gasteiger partial charge in [0.15, 0.2) is 5.79 Å². The van der Waals surface area contributed by atoms with Crippen LogP contribution in [0.2, 0.25) is 0 Å². The van der Waals surface area contributed by atoms with Crippen LogP contribution in [0.4, 0.5) is 0 Å². The minimum atomic E-state index is -0.303.